The Hall–Kier alpha value is -5.06. The summed E-state index contributed by atoms with van der Waals surface area (Å²) in [7, 11) is 1.25. The molecule has 4 rings (SSSR count). The average Bonchev–Trinajstić information content (AvgIpc) is 2.88. The van der Waals surface area contributed by atoms with E-state index >= 15 is 0 Å². The molecule has 4 aromatic rings. The number of nitro benzene ring substituents is 1. The van der Waals surface area contributed by atoms with Crippen LogP contribution >= 0.6 is 0 Å². The molecule has 11 heteroatoms. The molecule has 0 radical (unpaired) electrons. The van der Waals surface area contributed by atoms with E-state index in [1.54, 1.807) is 12.1 Å². The molecule has 0 spiro atoms. The average molecular weight is 489 g/mol. The number of benzene rings is 3. The Morgan fingerprint density at radius 1 is 0.833 bits per heavy atom. The number of carbonyl (C=O) groups is 2. The zero-order valence-corrected chi connectivity index (χ0v) is 18.9. The molecule has 0 saturated carbocycles. The normalized spacial score (nSPS) is 10.8. The lowest BCUT2D eigenvalue weighted by atomic mass is 10.1. The second kappa shape index (κ2) is 9.66. The first-order chi connectivity index (χ1) is 17.2. The van der Waals surface area contributed by atoms with Crippen molar-refractivity contribution in [2.24, 2.45) is 0 Å². The van der Waals surface area contributed by atoms with Crippen LogP contribution in [0.5, 0.6) is 0 Å². The number of hydrogen-bond acceptors (Lipinski definition) is 7. The van der Waals surface area contributed by atoms with Crippen LogP contribution in [0, 0.1) is 10.1 Å². The van der Waals surface area contributed by atoms with Gasteiger partial charge in [0.15, 0.2) is 0 Å². The van der Waals surface area contributed by atoms with Crippen molar-refractivity contribution in [3.63, 3.8) is 0 Å². The van der Waals surface area contributed by atoms with Crippen LogP contribution in [0.3, 0.4) is 0 Å². The number of aromatic carboxylic acids is 1. The Morgan fingerprint density at radius 2 is 1.33 bits per heavy atom. The molecule has 0 bridgehead atoms. The molecule has 0 unspecified atom stereocenters. The van der Waals surface area contributed by atoms with Crippen LogP contribution in [0.1, 0.15) is 31.8 Å². The van der Waals surface area contributed by atoms with Gasteiger partial charge >= 0.3 is 23.1 Å². The van der Waals surface area contributed by atoms with Gasteiger partial charge in [-0.25, -0.2) is 9.59 Å². The summed E-state index contributed by atoms with van der Waals surface area (Å²) in [6.45, 7) is -0.113. The number of nitro groups is 1. The summed E-state index contributed by atoms with van der Waals surface area (Å²) in [5, 5.41) is 20.5. The highest BCUT2D eigenvalue weighted by Gasteiger charge is 2.18. The van der Waals surface area contributed by atoms with Crippen molar-refractivity contribution in [3.05, 3.63) is 120 Å². The van der Waals surface area contributed by atoms with Gasteiger partial charge in [0.25, 0.3) is 5.69 Å². The molecule has 0 saturated heterocycles. The Bertz CT molecular complexity index is 1620. The Labute approximate surface area is 202 Å². The van der Waals surface area contributed by atoms with E-state index in [-0.39, 0.29) is 29.9 Å². The largest absolute Gasteiger partial charge is 0.478 e. The minimum atomic E-state index is -1.10. The molecule has 0 atom stereocenters. The second-order valence-corrected chi connectivity index (χ2v) is 7.90. The lowest BCUT2D eigenvalue weighted by Gasteiger charge is -2.15. The number of ether oxygens (including phenoxy) is 1. The van der Waals surface area contributed by atoms with Crippen molar-refractivity contribution in [2.75, 3.05) is 7.11 Å². The van der Waals surface area contributed by atoms with Crippen LogP contribution < -0.4 is 11.1 Å². The predicted octanol–water partition coefficient (Wildman–Crippen LogP) is 2.65. The predicted molar refractivity (Wildman–Crippen MR) is 129 cm³/mol. The van der Waals surface area contributed by atoms with Crippen LogP contribution in [0.25, 0.3) is 11.0 Å². The summed E-state index contributed by atoms with van der Waals surface area (Å²) in [5.41, 5.74) is 0.00125. The number of fused-ring (bicyclic) bond motifs is 1. The Kier molecular flexibility index (Phi) is 6.46. The van der Waals surface area contributed by atoms with Gasteiger partial charge in [-0.1, -0.05) is 24.3 Å². The van der Waals surface area contributed by atoms with E-state index < -0.39 is 28.0 Å². The molecule has 36 heavy (non-hydrogen) atoms. The minimum Gasteiger partial charge on any atom is -0.478 e. The van der Waals surface area contributed by atoms with Crippen LogP contribution in [-0.4, -0.2) is 38.2 Å². The number of hydrogen-bond donors (Lipinski definition) is 1. The fraction of sp³-hybridized carbons (Fsp3) is 0.120. The van der Waals surface area contributed by atoms with E-state index in [0.29, 0.717) is 22.2 Å². The number of methoxy groups -OCH3 is 1. The number of esters is 1. The first-order valence-corrected chi connectivity index (χ1v) is 10.6. The molecule has 11 nitrogen and oxygen atoms in total. The quantitative estimate of drug-likeness (QED) is 0.180. The molecular weight excluding hydrogens is 470 g/mol. The van der Waals surface area contributed by atoms with Crippen LogP contribution in [0.2, 0.25) is 0 Å². The lowest BCUT2D eigenvalue weighted by molar-refractivity contribution is -0.384. The van der Waals surface area contributed by atoms with E-state index in [4.69, 9.17) is 5.11 Å². The number of aromatic nitrogens is 2. The zero-order valence-electron chi connectivity index (χ0n) is 18.9. The van der Waals surface area contributed by atoms with Gasteiger partial charge in [0.2, 0.25) is 0 Å². The molecule has 0 aliphatic carbocycles. The number of rotatable bonds is 7. The molecule has 0 fully saturated rings. The third kappa shape index (κ3) is 4.62. The minimum absolute atomic E-state index is 0.0447. The van der Waals surface area contributed by atoms with Gasteiger partial charge in [0.1, 0.15) is 0 Å². The van der Waals surface area contributed by atoms with Crippen molar-refractivity contribution in [2.45, 2.75) is 13.1 Å². The van der Waals surface area contributed by atoms with E-state index in [1.165, 1.54) is 66.3 Å². The number of nitrogens with zero attached hydrogens (tertiary/aromatic N) is 3. The van der Waals surface area contributed by atoms with Crippen LogP contribution in [0.4, 0.5) is 5.69 Å². The Balaban J connectivity index is 1.84. The summed E-state index contributed by atoms with van der Waals surface area (Å²) in [4.78, 5) is 59.9. The molecule has 0 amide bonds. The number of carboxylic acid groups (broad SMARTS) is 1. The summed E-state index contributed by atoms with van der Waals surface area (Å²) in [5.74, 6) is -1.63. The summed E-state index contributed by atoms with van der Waals surface area (Å²) >= 11 is 0. The van der Waals surface area contributed by atoms with Crippen molar-refractivity contribution in [1.29, 1.82) is 0 Å². The number of carboxylic acids is 1. The van der Waals surface area contributed by atoms with Gasteiger partial charge < -0.3 is 9.84 Å². The Morgan fingerprint density at radius 3 is 1.81 bits per heavy atom. The first kappa shape index (κ1) is 24.1. The SMILES string of the molecule is COC(=O)c1ccc(Cn2c(=O)c(=O)n(Cc3ccc(C(=O)O)cc3)c3ccc([N+](=O)[O-])cc32)cc1. The van der Waals surface area contributed by atoms with Gasteiger partial charge in [-0.05, 0) is 41.5 Å². The monoisotopic (exact) mass is 489 g/mol. The third-order valence-electron chi connectivity index (χ3n) is 5.68. The van der Waals surface area contributed by atoms with Gasteiger partial charge in [0.05, 0.1) is 47.3 Å². The number of carbonyl (C=O) groups excluding carboxylic acids is 1. The molecule has 1 aromatic heterocycles. The van der Waals surface area contributed by atoms with E-state index in [2.05, 4.69) is 4.74 Å². The standard InChI is InChI=1S/C25H19N3O8/c1-36-25(33)18-8-4-16(5-9-18)14-27-21-12-19(28(34)35)10-11-20(21)26(22(29)23(27)30)13-15-2-6-17(7-3-15)24(31)32/h2-12H,13-14H2,1H3,(H,31,32). The molecule has 182 valence electrons. The highest BCUT2D eigenvalue weighted by molar-refractivity contribution is 5.89. The highest BCUT2D eigenvalue weighted by Crippen LogP contribution is 2.21. The first-order valence-electron chi connectivity index (χ1n) is 10.6. The summed E-state index contributed by atoms with van der Waals surface area (Å²) in [6.07, 6.45) is 0. The fourth-order valence-corrected chi connectivity index (χ4v) is 3.82. The second-order valence-electron chi connectivity index (χ2n) is 7.90. The number of non-ortho nitro benzene ring substituents is 1. The summed E-state index contributed by atoms with van der Waals surface area (Å²) < 4.78 is 7.03. The highest BCUT2D eigenvalue weighted by atomic mass is 16.6. The van der Waals surface area contributed by atoms with Crippen LogP contribution in [-0.2, 0) is 17.8 Å². The third-order valence-corrected chi connectivity index (χ3v) is 5.68. The van der Waals surface area contributed by atoms with Gasteiger partial charge in [-0.2, -0.15) is 0 Å². The maximum atomic E-state index is 13.2. The van der Waals surface area contributed by atoms with Crippen molar-refractivity contribution >= 4 is 28.7 Å². The zero-order chi connectivity index (χ0) is 26.0. The maximum absolute atomic E-state index is 13.2. The topological polar surface area (TPSA) is 151 Å². The smallest absolute Gasteiger partial charge is 0.337 e. The maximum Gasteiger partial charge on any atom is 0.337 e. The van der Waals surface area contributed by atoms with Gasteiger partial charge in [-0.3, -0.25) is 28.8 Å². The van der Waals surface area contributed by atoms with E-state index in [9.17, 15) is 29.3 Å². The van der Waals surface area contributed by atoms with Crippen molar-refractivity contribution < 1.29 is 24.4 Å². The van der Waals surface area contributed by atoms with Crippen molar-refractivity contribution in [1.82, 2.24) is 9.13 Å². The van der Waals surface area contributed by atoms with Crippen molar-refractivity contribution in [3.8, 4) is 0 Å². The van der Waals surface area contributed by atoms with Gasteiger partial charge in [0, 0.05) is 12.1 Å². The van der Waals surface area contributed by atoms with Crippen LogP contribution in [0.15, 0.2) is 76.3 Å². The van der Waals surface area contributed by atoms with E-state index in [1.807, 2.05) is 0 Å². The van der Waals surface area contributed by atoms with Gasteiger partial charge in [-0.15, -0.1) is 0 Å². The molecule has 0 aliphatic rings. The molecule has 3 aromatic carbocycles. The fourth-order valence-electron chi connectivity index (χ4n) is 3.82. The van der Waals surface area contributed by atoms with E-state index in [0.717, 1.165) is 4.57 Å². The molecule has 1 N–H and O–H groups in total. The molecular formula is C25H19N3O8. The molecule has 1 heterocycles. The lowest BCUT2D eigenvalue weighted by Crippen LogP contribution is -2.42. The summed E-state index contributed by atoms with van der Waals surface area (Å²) in [6, 6.07) is 15.9. The molecule has 0 aliphatic heterocycles.